The highest BCUT2D eigenvalue weighted by molar-refractivity contribution is 6.30. The van der Waals surface area contributed by atoms with Crippen molar-refractivity contribution in [2.45, 2.75) is 0 Å². The van der Waals surface area contributed by atoms with Crippen molar-refractivity contribution in [3.05, 3.63) is 83.1 Å². The average Bonchev–Trinajstić information content (AvgIpc) is 3.09. The summed E-state index contributed by atoms with van der Waals surface area (Å²) in [6, 6.07) is 18.0. The predicted octanol–water partition coefficient (Wildman–Crippen LogP) is 5.50. The molecule has 1 aromatic heterocycles. The molecule has 3 rings (SSSR count). The second kappa shape index (κ2) is 7.20. The zero-order valence-corrected chi connectivity index (χ0v) is 13.8. The summed E-state index contributed by atoms with van der Waals surface area (Å²) >= 11 is 5.88. The summed E-state index contributed by atoms with van der Waals surface area (Å²) in [5.74, 6) is 1.96. The van der Waals surface area contributed by atoms with E-state index in [0.717, 1.165) is 11.3 Å². The lowest BCUT2D eigenvalue weighted by atomic mass is 10.1. The van der Waals surface area contributed by atoms with Gasteiger partial charge in [0.1, 0.15) is 17.3 Å². The second-order valence-electron chi connectivity index (χ2n) is 5.13. The first kappa shape index (κ1) is 16.1. The number of furan rings is 1. The molecule has 0 radical (unpaired) electrons. The van der Waals surface area contributed by atoms with E-state index >= 15 is 0 Å². The van der Waals surface area contributed by atoms with Crippen LogP contribution in [0.15, 0.2) is 71.2 Å². The number of rotatable bonds is 5. The number of hydrogen-bond donors (Lipinski definition) is 0. The highest BCUT2D eigenvalue weighted by atomic mass is 35.5. The summed E-state index contributed by atoms with van der Waals surface area (Å²) in [5.41, 5.74) is 1.53. The third-order valence-electron chi connectivity index (χ3n) is 3.53. The van der Waals surface area contributed by atoms with Gasteiger partial charge in [0.15, 0.2) is 5.78 Å². The van der Waals surface area contributed by atoms with Crippen LogP contribution in [-0.4, -0.2) is 12.9 Å². The lowest BCUT2D eigenvalue weighted by molar-refractivity contribution is 0.104. The minimum absolute atomic E-state index is 0.0953. The molecule has 0 atom stereocenters. The van der Waals surface area contributed by atoms with Gasteiger partial charge in [-0.1, -0.05) is 11.6 Å². The topological polar surface area (TPSA) is 39.4 Å². The van der Waals surface area contributed by atoms with E-state index in [1.807, 2.05) is 36.4 Å². The maximum atomic E-state index is 12.1. The van der Waals surface area contributed by atoms with Gasteiger partial charge in [-0.25, -0.2) is 0 Å². The molecule has 24 heavy (non-hydrogen) atoms. The average molecular weight is 339 g/mol. The molecule has 120 valence electrons. The molecule has 3 aromatic rings. The van der Waals surface area contributed by atoms with Crippen LogP contribution in [0.1, 0.15) is 16.1 Å². The maximum Gasteiger partial charge on any atom is 0.185 e. The van der Waals surface area contributed by atoms with E-state index < -0.39 is 0 Å². The van der Waals surface area contributed by atoms with E-state index in [0.29, 0.717) is 22.1 Å². The zero-order chi connectivity index (χ0) is 16.9. The largest absolute Gasteiger partial charge is 0.497 e. The molecule has 0 bridgehead atoms. The summed E-state index contributed by atoms with van der Waals surface area (Å²) in [4.78, 5) is 12.1. The van der Waals surface area contributed by atoms with E-state index in [4.69, 9.17) is 20.8 Å². The lowest BCUT2D eigenvalue weighted by Crippen LogP contribution is -1.93. The van der Waals surface area contributed by atoms with Gasteiger partial charge in [-0.05, 0) is 72.8 Å². The van der Waals surface area contributed by atoms with Gasteiger partial charge in [-0.2, -0.15) is 0 Å². The molecule has 0 unspecified atom stereocenters. The van der Waals surface area contributed by atoms with Crippen molar-refractivity contribution in [3.63, 3.8) is 0 Å². The van der Waals surface area contributed by atoms with Crippen molar-refractivity contribution >= 4 is 23.5 Å². The van der Waals surface area contributed by atoms with E-state index in [2.05, 4.69) is 0 Å². The van der Waals surface area contributed by atoms with Gasteiger partial charge < -0.3 is 9.15 Å². The van der Waals surface area contributed by atoms with Gasteiger partial charge in [0.25, 0.3) is 0 Å². The third-order valence-corrected chi connectivity index (χ3v) is 3.78. The number of methoxy groups -OCH3 is 1. The first-order valence-corrected chi connectivity index (χ1v) is 7.76. The Bertz CT molecular complexity index is 859. The zero-order valence-electron chi connectivity index (χ0n) is 13.0. The molecule has 2 aromatic carbocycles. The molecule has 0 aliphatic carbocycles. The molecule has 0 aliphatic heterocycles. The highest BCUT2D eigenvalue weighted by Gasteiger charge is 2.05. The Morgan fingerprint density at radius 3 is 2.38 bits per heavy atom. The molecule has 4 heteroatoms. The molecule has 0 saturated carbocycles. The van der Waals surface area contributed by atoms with Gasteiger partial charge in [0.05, 0.1) is 7.11 Å². The summed E-state index contributed by atoms with van der Waals surface area (Å²) in [7, 11) is 1.59. The normalized spacial score (nSPS) is 10.9. The van der Waals surface area contributed by atoms with Crippen LogP contribution >= 0.6 is 11.6 Å². The van der Waals surface area contributed by atoms with Crippen LogP contribution < -0.4 is 4.74 Å². The Balaban J connectivity index is 1.72. The van der Waals surface area contributed by atoms with Crippen molar-refractivity contribution in [2.24, 2.45) is 0 Å². The molecular weight excluding hydrogens is 324 g/mol. The molecule has 0 saturated heterocycles. The van der Waals surface area contributed by atoms with Crippen LogP contribution in [0, 0.1) is 0 Å². The SMILES string of the molecule is COc1ccc(C(=O)/C=C/c2ccc(-c3ccc(Cl)cc3)o2)cc1. The number of allylic oxidation sites excluding steroid dienone is 1. The highest BCUT2D eigenvalue weighted by Crippen LogP contribution is 2.24. The predicted molar refractivity (Wildman–Crippen MR) is 95.5 cm³/mol. The molecule has 0 N–H and O–H groups in total. The van der Waals surface area contributed by atoms with Crippen LogP contribution in [0.5, 0.6) is 5.75 Å². The number of carbonyl (C=O) groups excluding carboxylic acids is 1. The third kappa shape index (κ3) is 3.76. The van der Waals surface area contributed by atoms with Crippen molar-refractivity contribution in [2.75, 3.05) is 7.11 Å². The number of ether oxygens (including phenoxy) is 1. The van der Waals surface area contributed by atoms with Gasteiger partial charge in [0.2, 0.25) is 0 Å². The Kier molecular flexibility index (Phi) is 4.82. The van der Waals surface area contributed by atoms with Crippen molar-refractivity contribution in [3.8, 4) is 17.1 Å². The van der Waals surface area contributed by atoms with E-state index in [1.54, 1.807) is 37.5 Å². The van der Waals surface area contributed by atoms with Crippen LogP contribution in [0.25, 0.3) is 17.4 Å². The van der Waals surface area contributed by atoms with Crippen molar-refractivity contribution in [1.82, 2.24) is 0 Å². The monoisotopic (exact) mass is 338 g/mol. The summed E-state index contributed by atoms with van der Waals surface area (Å²) < 4.78 is 10.8. The lowest BCUT2D eigenvalue weighted by Gasteiger charge is -1.99. The van der Waals surface area contributed by atoms with E-state index in [-0.39, 0.29) is 5.78 Å². The maximum absolute atomic E-state index is 12.1. The standard InChI is InChI=1S/C20H15ClO3/c1-23-17-8-4-14(5-9-17)19(22)12-10-18-11-13-20(24-18)15-2-6-16(21)7-3-15/h2-13H,1H3/b12-10+. The molecule has 0 aliphatic rings. The Labute approximate surface area is 145 Å². The minimum atomic E-state index is -0.0953. The molecule has 1 heterocycles. The number of carbonyl (C=O) groups is 1. The first-order valence-electron chi connectivity index (χ1n) is 7.38. The Hall–Kier alpha value is -2.78. The molecule has 3 nitrogen and oxygen atoms in total. The van der Waals surface area contributed by atoms with Crippen molar-refractivity contribution in [1.29, 1.82) is 0 Å². The van der Waals surface area contributed by atoms with Crippen LogP contribution in [0.4, 0.5) is 0 Å². The second-order valence-corrected chi connectivity index (χ2v) is 5.57. The molecule has 0 spiro atoms. The summed E-state index contributed by atoms with van der Waals surface area (Å²) in [6.45, 7) is 0. The number of benzene rings is 2. The van der Waals surface area contributed by atoms with Gasteiger partial charge in [-0.15, -0.1) is 0 Å². The first-order chi connectivity index (χ1) is 11.7. The van der Waals surface area contributed by atoms with Crippen molar-refractivity contribution < 1.29 is 13.9 Å². The fourth-order valence-corrected chi connectivity index (χ4v) is 2.35. The van der Waals surface area contributed by atoms with Gasteiger partial charge in [0, 0.05) is 16.1 Å². The van der Waals surface area contributed by atoms with Crippen LogP contribution in [-0.2, 0) is 0 Å². The number of ketones is 1. The Morgan fingerprint density at radius 2 is 1.71 bits per heavy atom. The Morgan fingerprint density at radius 1 is 1.00 bits per heavy atom. The van der Waals surface area contributed by atoms with E-state index in [1.165, 1.54) is 6.08 Å². The van der Waals surface area contributed by atoms with Gasteiger partial charge >= 0.3 is 0 Å². The summed E-state index contributed by atoms with van der Waals surface area (Å²) in [5, 5.41) is 0.676. The fourth-order valence-electron chi connectivity index (χ4n) is 2.22. The smallest absolute Gasteiger partial charge is 0.185 e. The quantitative estimate of drug-likeness (QED) is 0.455. The fraction of sp³-hybridized carbons (Fsp3) is 0.0500. The van der Waals surface area contributed by atoms with E-state index in [9.17, 15) is 4.79 Å². The number of hydrogen-bond acceptors (Lipinski definition) is 3. The van der Waals surface area contributed by atoms with Gasteiger partial charge in [-0.3, -0.25) is 4.79 Å². The molecule has 0 fully saturated rings. The molecule has 0 amide bonds. The summed E-state index contributed by atoms with van der Waals surface area (Å²) in [6.07, 6.45) is 3.15. The molecular formula is C20H15ClO3. The minimum Gasteiger partial charge on any atom is -0.497 e. The number of halogens is 1. The van der Waals surface area contributed by atoms with Crippen LogP contribution in [0.2, 0.25) is 5.02 Å². The van der Waals surface area contributed by atoms with Crippen LogP contribution in [0.3, 0.4) is 0 Å².